The Hall–Kier alpha value is -1.35. The summed E-state index contributed by atoms with van der Waals surface area (Å²) in [6, 6.07) is 10.3. The van der Waals surface area contributed by atoms with Gasteiger partial charge in [0, 0.05) is 12.0 Å². The summed E-state index contributed by atoms with van der Waals surface area (Å²) < 4.78 is 0. The normalized spacial score (nSPS) is 22.0. The van der Waals surface area contributed by atoms with Crippen molar-refractivity contribution >= 4 is 5.97 Å². The number of hydrogen-bond donors (Lipinski definition) is 2. The van der Waals surface area contributed by atoms with Gasteiger partial charge in [-0.15, -0.1) is 0 Å². The lowest BCUT2D eigenvalue weighted by molar-refractivity contribution is -0.137. The van der Waals surface area contributed by atoms with Crippen molar-refractivity contribution in [3.8, 4) is 0 Å². The third-order valence-corrected chi connectivity index (χ3v) is 3.46. The van der Waals surface area contributed by atoms with Gasteiger partial charge in [-0.2, -0.15) is 0 Å². The Labute approximate surface area is 102 Å². The Bertz CT molecular complexity index is 358. The molecule has 1 saturated heterocycles. The van der Waals surface area contributed by atoms with Gasteiger partial charge in [-0.05, 0) is 24.9 Å². The molecule has 0 spiro atoms. The molecule has 92 valence electrons. The van der Waals surface area contributed by atoms with Crippen molar-refractivity contribution in [3.05, 3.63) is 35.9 Å². The van der Waals surface area contributed by atoms with Crippen molar-refractivity contribution in [1.29, 1.82) is 0 Å². The highest BCUT2D eigenvalue weighted by Crippen LogP contribution is 2.28. The van der Waals surface area contributed by atoms with Crippen molar-refractivity contribution in [2.45, 2.75) is 37.6 Å². The maximum Gasteiger partial charge on any atom is 0.304 e. The highest BCUT2D eigenvalue weighted by molar-refractivity contribution is 5.68. The first-order chi connectivity index (χ1) is 8.27. The van der Waals surface area contributed by atoms with Gasteiger partial charge >= 0.3 is 5.97 Å². The number of benzene rings is 1. The molecule has 3 heteroatoms. The monoisotopic (exact) mass is 233 g/mol. The molecular weight excluding hydrogens is 214 g/mol. The molecule has 0 unspecified atom stereocenters. The number of hydrogen-bond acceptors (Lipinski definition) is 2. The maximum atomic E-state index is 11.0. The molecule has 1 aromatic carbocycles. The SMILES string of the molecule is O=C(O)C[C@H](c1ccccc1)[C@H]1CCCCN1. The maximum absolute atomic E-state index is 11.0. The van der Waals surface area contributed by atoms with Crippen LogP contribution in [0.15, 0.2) is 30.3 Å². The van der Waals surface area contributed by atoms with Crippen molar-refractivity contribution in [1.82, 2.24) is 5.32 Å². The number of aliphatic carboxylic acids is 1. The van der Waals surface area contributed by atoms with E-state index in [9.17, 15) is 4.79 Å². The molecule has 0 aliphatic carbocycles. The summed E-state index contributed by atoms with van der Waals surface area (Å²) in [5.41, 5.74) is 1.13. The highest BCUT2D eigenvalue weighted by Gasteiger charge is 2.26. The second kappa shape index (κ2) is 5.82. The van der Waals surface area contributed by atoms with Crippen LogP contribution in [0.2, 0.25) is 0 Å². The van der Waals surface area contributed by atoms with Gasteiger partial charge in [-0.3, -0.25) is 4.79 Å². The van der Waals surface area contributed by atoms with Crippen LogP contribution in [0.3, 0.4) is 0 Å². The molecule has 1 aliphatic heterocycles. The lowest BCUT2D eigenvalue weighted by Gasteiger charge is -2.31. The third-order valence-electron chi connectivity index (χ3n) is 3.46. The van der Waals surface area contributed by atoms with E-state index in [1.807, 2.05) is 30.3 Å². The van der Waals surface area contributed by atoms with E-state index in [1.165, 1.54) is 12.8 Å². The lowest BCUT2D eigenvalue weighted by atomic mass is 9.84. The molecule has 0 bridgehead atoms. The molecule has 0 radical (unpaired) electrons. The summed E-state index contributed by atoms with van der Waals surface area (Å²) in [5, 5.41) is 12.5. The molecule has 1 aromatic rings. The standard InChI is InChI=1S/C14H19NO2/c16-14(17)10-12(11-6-2-1-3-7-11)13-8-4-5-9-15-13/h1-3,6-7,12-13,15H,4-5,8-10H2,(H,16,17)/t12-,13-/m1/s1. The van der Waals surface area contributed by atoms with Crippen LogP contribution in [-0.2, 0) is 4.79 Å². The van der Waals surface area contributed by atoms with Crippen molar-refractivity contribution in [2.24, 2.45) is 0 Å². The van der Waals surface area contributed by atoms with Crippen LogP contribution >= 0.6 is 0 Å². The van der Waals surface area contributed by atoms with Crippen LogP contribution in [0, 0.1) is 0 Å². The average Bonchev–Trinajstić information content (AvgIpc) is 2.38. The molecule has 0 saturated carbocycles. The van der Waals surface area contributed by atoms with Gasteiger partial charge in [0.05, 0.1) is 6.42 Å². The second-order valence-corrected chi connectivity index (χ2v) is 4.67. The van der Waals surface area contributed by atoms with E-state index >= 15 is 0 Å². The van der Waals surface area contributed by atoms with Crippen molar-refractivity contribution in [3.63, 3.8) is 0 Å². The predicted octanol–water partition coefficient (Wildman–Crippen LogP) is 2.39. The largest absolute Gasteiger partial charge is 0.481 e. The van der Waals surface area contributed by atoms with Crippen LogP contribution in [-0.4, -0.2) is 23.7 Å². The number of carbonyl (C=O) groups is 1. The first-order valence-electron chi connectivity index (χ1n) is 6.27. The quantitative estimate of drug-likeness (QED) is 0.839. The number of piperidine rings is 1. The number of nitrogens with one attached hydrogen (secondary N) is 1. The zero-order chi connectivity index (χ0) is 12.1. The Morgan fingerprint density at radius 3 is 2.71 bits per heavy atom. The topological polar surface area (TPSA) is 49.3 Å². The van der Waals surface area contributed by atoms with Crippen LogP contribution in [0.4, 0.5) is 0 Å². The van der Waals surface area contributed by atoms with Crippen LogP contribution < -0.4 is 5.32 Å². The minimum atomic E-state index is -0.716. The van der Waals surface area contributed by atoms with E-state index in [-0.39, 0.29) is 12.3 Å². The van der Waals surface area contributed by atoms with Gasteiger partial charge < -0.3 is 10.4 Å². The van der Waals surface area contributed by atoms with E-state index in [0.717, 1.165) is 18.5 Å². The highest BCUT2D eigenvalue weighted by atomic mass is 16.4. The molecule has 2 rings (SSSR count). The Morgan fingerprint density at radius 2 is 2.12 bits per heavy atom. The van der Waals surface area contributed by atoms with Gasteiger partial charge in [-0.1, -0.05) is 36.8 Å². The molecule has 1 fully saturated rings. The third kappa shape index (κ3) is 3.30. The van der Waals surface area contributed by atoms with Gasteiger partial charge in [0.15, 0.2) is 0 Å². The number of rotatable bonds is 4. The van der Waals surface area contributed by atoms with E-state index in [2.05, 4.69) is 5.32 Å². The first-order valence-corrected chi connectivity index (χ1v) is 6.27. The number of carboxylic acids is 1. The zero-order valence-corrected chi connectivity index (χ0v) is 9.93. The molecule has 17 heavy (non-hydrogen) atoms. The van der Waals surface area contributed by atoms with E-state index in [4.69, 9.17) is 5.11 Å². The smallest absolute Gasteiger partial charge is 0.304 e. The zero-order valence-electron chi connectivity index (χ0n) is 9.93. The Morgan fingerprint density at radius 1 is 1.35 bits per heavy atom. The average molecular weight is 233 g/mol. The van der Waals surface area contributed by atoms with Gasteiger partial charge in [0.25, 0.3) is 0 Å². The molecule has 0 aromatic heterocycles. The lowest BCUT2D eigenvalue weighted by Crippen LogP contribution is -2.39. The molecule has 3 nitrogen and oxygen atoms in total. The minimum absolute atomic E-state index is 0.0917. The summed E-state index contributed by atoms with van der Waals surface area (Å²) >= 11 is 0. The Balaban J connectivity index is 2.15. The number of carboxylic acid groups (broad SMARTS) is 1. The van der Waals surface area contributed by atoms with Crippen molar-refractivity contribution in [2.75, 3.05) is 6.54 Å². The fourth-order valence-electron chi connectivity index (χ4n) is 2.60. The fraction of sp³-hybridized carbons (Fsp3) is 0.500. The molecule has 1 heterocycles. The summed E-state index contributed by atoms with van der Waals surface area (Å²) in [6.07, 6.45) is 3.68. The second-order valence-electron chi connectivity index (χ2n) is 4.67. The van der Waals surface area contributed by atoms with Crippen LogP contribution in [0.5, 0.6) is 0 Å². The van der Waals surface area contributed by atoms with Crippen molar-refractivity contribution < 1.29 is 9.90 Å². The van der Waals surface area contributed by atoms with Crippen LogP contribution in [0.1, 0.15) is 37.2 Å². The minimum Gasteiger partial charge on any atom is -0.481 e. The Kier molecular flexibility index (Phi) is 4.15. The molecule has 0 amide bonds. The van der Waals surface area contributed by atoms with Gasteiger partial charge in [-0.25, -0.2) is 0 Å². The van der Waals surface area contributed by atoms with Crippen LogP contribution in [0.25, 0.3) is 0 Å². The summed E-state index contributed by atoms with van der Waals surface area (Å²) in [4.78, 5) is 11.0. The van der Waals surface area contributed by atoms with E-state index in [0.29, 0.717) is 6.04 Å². The van der Waals surface area contributed by atoms with Gasteiger partial charge in [0.1, 0.15) is 0 Å². The summed E-state index contributed by atoms with van der Waals surface area (Å²) in [7, 11) is 0. The summed E-state index contributed by atoms with van der Waals surface area (Å²) in [5.74, 6) is -0.625. The van der Waals surface area contributed by atoms with E-state index in [1.54, 1.807) is 0 Å². The predicted molar refractivity (Wildman–Crippen MR) is 67.1 cm³/mol. The molecule has 1 aliphatic rings. The van der Waals surface area contributed by atoms with Gasteiger partial charge in [0.2, 0.25) is 0 Å². The first kappa shape index (κ1) is 12.1. The fourth-order valence-corrected chi connectivity index (χ4v) is 2.60. The molecule has 2 atom stereocenters. The summed E-state index contributed by atoms with van der Waals surface area (Å²) in [6.45, 7) is 1.01. The molecule has 2 N–H and O–H groups in total. The van der Waals surface area contributed by atoms with E-state index < -0.39 is 5.97 Å². The molecular formula is C14H19NO2.